The molecule has 3 aromatic rings. The Bertz CT molecular complexity index is 1170. The second kappa shape index (κ2) is 9.26. The average Bonchev–Trinajstić information content (AvgIpc) is 3.12. The standard InChI is InChI=1S/C19H14BrN5O6/c1-12-21-18(25(29)30)11-23(12)10-17(13-2-6-15(20)7-3-13)22-31-19(26)14-4-8-16(9-5-14)24(27)28/h2-9,11H,10H2,1H3/b22-17-. The number of aryl methyl sites for hydroxylation is 1. The Kier molecular flexibility index (Phi) is 6.50. The molecule has 2 aromatic carbocycles. The van der Waals surface area contributed by atoms with Gasteiger partial charge in [0, 0.05) is 29.1 Å². The number of nitro benzene ring substituents is 1. The number of aromatic nitrogens is 2. The van der Waals surface area contributed by atoms with Crippen molar-refractivity contribution in [1.29, 1.82) is 0 Å². The fourth-order valence-electron chi connectivity index (χ4n) is 2.58. The average molecular weight is 488 g/mol. The van der Waals surface area contributed by atoms with Gasteiger partial charge in [-0.25, -0.2) is 4.79 Å². The fraction of sp³-hybridized carbons (Fsp3) is 0.105. The first-order valence-electron chi connectivity index (χ1n) is 8.71. The molecule has 0 spiro atoms. The van der Waals surface area contributed by atoms with E-state index in [4.69, 9.17) is 4.84 Å². The summed E-state index contributed by atoms with van der Waals surface area (Å²) in [6.45, 7) is 1.66. The van der Waals surface area contributed by atoms with Crippen molar-refractivity contribution < 1.29 is 19.5 Å². The molecule has 0 atom stereocenters. The molecule has 0 amide bonds. The van der Waals surface area contributed by atoms with Crippen molar-refractivity contribution in [3.05, 3.63) is 96.4 Å². The number of nitrogens with zero attached hydrogens (tertiary/aromatic N) is 5. The maximum absolute atomic E-state index is 12.3. The lowest BCUT2D eigenvalue weighted by Crippen LogP contribution is -2.14. The van der Waals surface area contributed by atoms with Crippen molar-refractivity contribution in [3.8, 4) is 0 Å². The van der Waals surface area contributed by atoms with E-state index in [1.807, 2.05) is 0 Å². The smallest absolute Gasteiger partial charge is 0.358 e. The third-order valence-electron chi connectivity index (χ3n) is 4.20. The summed E-state index contributed by atoms with van der Waals surface area (Å²) in [6.07, 6.45) is 1.27. The molecule has 0 unspecified atom stereocenters. The highest BCUT2D eigenvalue weighted by Crippen LogP contribution is 2.16. The van der Waals surface area contributed by atoms with Gasteiger partial charge in [-0.2, -0.15) is 0 Å². The Morgan fingerprint density at radius 3 is 2.23 bits per heavy atom. The number of non-ortho nitro benzene ring substituents is 1. The topological polar surface area (TPSA) is 143 Å². The monoisotopic (exact) mass is 487 g/mol. The van der Waals surface area contributed by atoms with Crippen LogP contribution >= 0.6 is 15.9 Å². The summed E-state index contributed by atoms with van der Waals surface area (Å²) in [5, 5.41) is 25.7. The summed E-state index contributed by atoms with van der Waals surface area (Å²) in [5.41, 5.74) is 0.861. The molecule has 0 aliphatic rings. The molecular formula is C19H14BrN5O6. The van der Waals surface area contributed by atoms with Gasteiger partial charge in [0.2, 0.25) is 5.82 Å². The van der Waals surface area contributed by atoms with Crippen LogP contribution in [0.4, 0.5) is 11.5 Å². The molecule has 0 saturated carbocycles. The number of hydrogen-bond donors (Lipinski definition) is 0. The van der Waals surface area contributed by atoms with E-state index in [2.05, 4.69) is 26.1 Å². The second-order valence-electron chi connectivity index (χ2n) is 6.26. The van der Waals surface area contributed by atoms with Crippen LogP contribution in [0.1, 0.15) is 21.7 Å². The van der Waals surface area contributed by atoms with E-state index in [0.29, 0.717) is 17.1 Å². The van der Waals surface area contributed by atoms with Gasteiger partial charge in [0.15, 0.2) is 0 Å². The Balaban J connectivity index is 1.87. The van der Waals surface area contributed by atoms with Crippen LogP contribution in [0.25, 0.3) is 0 Å². The zero-order valence-corrected chi connectivity index (χ0v) is 17.6. The zero-order valence-electron chi connectivity index (χ0n) is 16.0. The largest absolute Gasteiger partial charge is 0.381 e. The van der Waals surface area contributed by atoms with Gasteiger partial charge < -0.3 is 19.5 Å². The molecule has 0 N–H and O–H groups in total. The summed E-state index contributed by atoms with van der Waals surface area (Å²) in [7, 11) is 0. The molecule has 0 bridgehead atoms. The SMILES string of the molecule is Cc1nc([N+](=O)[O-])cn1C/C(=N/OC(=O)c1ccc([N+](=O)[O-])cc1)c1ccc(Br)cc1. The molecule has 0 aliphatic heterocycles. The number of nitro groups is 2. The van der Waals surface area contributed by atoms with Gasteiger partial charge in [-0.15, -0.1) is 0 Å². The lowest BCUT2D eigenvalue weighted by molar-refractivity contribution is -0.389. The summed E-state index contributed by atoms with van der Waals surface area (Å²) in [4.78, 5) is 41.8. The third-order valence-corrected chi connectivity index (χ3v) is 4.73. The van der Waals surface area contributed by atoms with Gasteiger partial charge in [0.1, 0.15) is 11.9 Å². The number of halogens is 1. The second-order valence-corrected chi connectivity index (χ2v) is 7.17. The maximum Gasteiger partial charge on any atom is 0.381 e. The lowest BCUT2D eigenvalue weighted by Gasteiger charge is -2.08. The minimum atomic E-state index is -0.808. The summed E-state index contributed by atoms with van der Waals surface area (Å²) < 4.78 is 2.34. The number of oxime groups is 1. The molecule has 31 heavy (non-hydrogen) atoms. The first-order chi connectivity index (χ1) is 14.7. The van der Waals surface area contributed by atoms with Gasteiger partial charge in [-0.05, 0) is 34.2 Å². The first kappa shape index (κ1) is 21.8. The highest BCUT2D eigenvalue weighted by molar-refractivity contribution is 9.10. The van der Waals surface area contributed by atoms with E-state index >= 15 is 0 Å². The fourth-order valence-corrected chi connectivity index (χ4v) is 2.85. The van der Waals surface area contributed by atoms with Crippen molar-refractivity contribution in [2.24, 2.45) is 5.16 Å². The summed E-state index contributed by atoms with van der Waals surface area (Å²) >= 11 is 3.34. The normalized spacial score (nSPS) is 11.2. The van der Waals surface area contributed by atoms with Crippen molar-refractivity contribution >= 4 is 39.1 Å². The van der Waals surface area contributed by atoms with Crippen LogP contribution in [-0.4, -0.2) is 31.1 Å². The molecule has 0 radical (unpaired) electrons. The van der Waals surface area contributed by atoms with Crippen LogP contribution in [0.5, 0.6) is 0 Å². The molecule has 0 saturated heterocycles. The number of rotatable bonds is 7. The van der Waals surface area contributed by atoms with Crippen LogP contribution in [0, 0.1) is 27.2 Å². The van der Waals surface area contributed by atoms with Crippen LogP contribution in [-0.2, 0) is 11.4 Å². The Hall–Kier alpha value is -3.93. The van der Waals surface area contributed by atoms with Crippen molar-refractivity contribution in [1.82, 2.24) is 9.55 Å². The molecule has 0 fully saturated rings. The van der Waals surface area contributed by atoms with Crippen molar-refractivity contribution in [2.75, 3.05) is 0 Å². The summed E-state index contributed by atoms with van der Waals surface area (Å²) in [5.74, 6) is -0.730. The Morgan fingerprint density at radius 2 is 1.68 bits per heavy atom. The Labute approximate surface area is 183 Å². The van der Waals surface area contributed by atoms with E-state index < -0.39 is 15.8 Å². The van der Waals surface area contributed by atoms with Gasteiger partial charge in [0.25, 0.3) is 5.69 Å². The number of benzene rings is 2. The molecule has 0 aliphatic carbocycles. The number of carbonyl (C=O) groups excluding carboxylic acids is 1. The maximum atomic E-state index is 12.3. The van der Waals surface area contributed by atoms with Crippen molar-refractivity contribution in [3.63, 3.8) is 0 Å². The van der Waals surface area contributed by atoms with Crippen LogP contribution < -0.4 is 0 Å². The molecule has 3 rings (SSSR count). The van der Waals surface area contributed by atoms with Gasteiger partial charge in [-0.1, -0.05) is 33.2 Å². The third kappa shape index (κ3) is 5.36. The minimum absolute atomic E-state index is 0.0574. The van der Waals surface area contributed by atoms with Crippen LogP contribution in [0.2, 0.25) is 0 Å². The van der Waals surface area contributed by atoms with E-state index in [1.165, 1.54) is 35.0 Å². The van der Waals surface area contributed by atoms with Crippen LogP contribution in [0.15, 0.2) is 64.4 Å². The Morgan fingerprint density at radius 1 is 1.06 bits per heavy atom. The first-order valence-corrected chi connectivity index (χ1v) is 9.50. The highest BCUT2D eigenvalue weighted by atomic mass is 79.9. The van der Waals surface area contributed by atoms with Gasteiger partial charge in [-0.3, -0.25) is 10.1 Å². The van der Waals surface area contributed by atoms with E-state index in [9.17, 15) is 25.0 Å². The number of hydrogen-bond acceptors (Lipinski definition) is 8. The van der Waals surface area contributed by atoms with Crippen LogP contribution in [0.3, 0.4) is 0 Å². The number of carbonyl (C=O) groups is 1. The van der Waals surface area contributed by atoms with E-state index in [-0.39, 0.29) is 23.6 Å². The van der Waals surface area contributed by atoms with E-state index in [1.54, 1.807) is 31.2 Å². The predicted octanol–water partition coefficient (Wildman–Crippen LogP) is 4.03. The van der Waals surface area contributed by atoms with Gasteiger partial charge >= 0.3 is 11.8 Å². The van der Waals surface area contributed by atoms with Gasteiger partial charge in [0.05, 0.1) is 17.0 Å². The predicted molar refractivity (Wildman–Crippen MR) is 113 cm³/mol. The molecule has 12 heteroatoms. The highest BCUT2D eigenvalue weighted by Gasteiger charge is 2.18. The number of imidazole rings is 1. The lowest BCUT2D eigenvalue weighted by atomic mass is 10.1. The molecule has 1 heterocycles. The van der Waals surface area contributed by atoms with Crippen molar-refractivity contribution in [2.45, 2.75) is 13.5 Å². The summed E-state index contributed by atoms with van der Waals surface area (Å²) in [6, 6.07) is 11.9. The quantitative estimate of drug-likeness (QED) is 0.211. The molecular weight excluding hydrogens is 474 g/mol. The molecule has 158 valence electrons. The zero-order chi connectivity index (χ0) is 22.5. The molecule has 1 aromatic heterocycles. The van der Waals surface area contributed by atoms with E-state index in [0.717, 1.165) is 4.47 Å². The molecule has 11 nitrogen and oxygen atoms in total. The minimum Gasteiger partial charge on any atom is -0.358 e.